The Morgan fingerprint density at radius 2 is 2.00 bits per heavy atom. The number of aromatic nitrogens is 2. The largest absolute Gasteiger partial charge is 0.331 e. The van der Waals surface area contributed by atoms with E-state index >= 15 is 0 Å². The van der Waals surface area contributed by atoms with Gasteiger partial charge >= 0.3 is 0 Å². The van der Waals surface area contributed by atoms with Gasteiger partial charge in [0.2, 0.25) is 0 Å². The number of hydrogen-bond acceptors (Lipinski definition) is 1. The van der Waals surface area contributed by atoms with Gasteiger partial charge in [-0.25, -0.2) is 4.98 Å². The lowest BCUT2D eigenvalue weighted by molar-refractivity contribution is 0.493. The van der Waals surface area contributed by atoms with E-state index in [9.17, 15) is 0 Å². The van der Waals surface area contributed by atoms with Gasteiger partial charge in [0.05, 0.1) is 11.9 Å². The molecular weight excluding hydrogens is 232 g/mol. The van der Waals surface area contributed by atoms with Gasteiger partial charge in [0, 0.05) is 13.5 Å². The standard InChI is InChI=1S/C17H21N2/c1-19-16(15-9-3-2-4-10-15)13-18-17(19)12-11-14-7-5-6-8-14/h3-4,9-10,13-14H,5-8,11-12H2,1H3. The molecule has 1 fully saturated rings. The fourth-order valence-corrected chi connectivity index (χ4v) is 3.14. The third-order valence-electron chi connectivity index (χ3n) is 4.35. The molecule has 1 radical (unpaired) electrons. The van der Waals surface area contributed by atoms with E-state index in [2.05, 4.69) is 34.8 Å². The zero-order valence-corrected chi connectivity index (χ0v) is 11.6. The first kappa shape index (κ1) is 12.5. The summed E-state index contributed by atoms with van der Waals surface area (Å²) in [5, 5.41) is 0. The van der Waals surface area contributed by atoms with E-state index in [-0.39, 0.29) is 0 Å². The van der Waals surface area contributed by atoms with Crippen molar-refractivity contribution in [2.45, 2.75) is 38.5 Å². The summed E-state index contributed by atoms with van der Waals surface area (Å²) in [6.45, 7) is 0. The SMILES string of the molecule is Cn1c(-c2cc[c]cc2)cnc1CCC1CCCC1. The van der Waals surface area contributed by atoms with Crippen molar-refractivity contribution in [1.29, 1.82) is 0 Å². The van der Waals surface area contributed by atoms with Crippen molar-refractivity contribution in [3.63, 3.8) is 0 Å². The minimum absolute atomic E-state index is 0.937. The van der Waals surface area contributed by atoms with Gasteiger partial charge in [0.1, 0.15) is 5.82 Å². The lowest BCUT2D eigenvalue weighted by Crippen LogP contribution is -2.03. The normalized spacial score (nSPS) is 16.1. The Kier molecular flexibility index (Phi) is 3.67. The maximum atomic E-state index is 4.61. The average molecular weight is 253 g/mol. The molecule has 2 nitrogen and oxygen atoms in total. The molecule has 0 saturated heterocycles. The van der Waals surface area contributed by atoms with Crippen LogP contribution >= 0.6 is 0 Å². The Balaban J connectivity index is 1.72. The molecule has 3 rings (SSSR count). The second-order valence-electron chi connectivity index (χ2n) is 5.60. The zero-order valence-electron chi connectivity index (χ0n) is 11.6. The molecule has 1 aliphatic carbocycles. The smallest absolute Gasteiger partial charge is 0.108 e. The van der Waals surface area contributed by atoms with Crippen molar-refractivity contribution in [3.8, 4) is 11.3 Å². The van der Waals surface area contributed by atoms with Crippen LogP contribution in [-0.4, -0.2) is 9.55 Å². The van der Waals surface area contributed by atoms with Crippen molar-refractivity contribution in [2.75, 3.05) is 0 Å². The molecule has 1 heterocycles. The molecule has 0 N–H and O–H groups in total. The highest BCUT2D eigenvalue weighted by molar-refractivity contribution is 5.58. The molecule has 1 aromatic heterocycles. The molecule has 2 heteroatoms. The fourth-order valence-electron chi connectivity index (χ4n) is 3.14. The summed E-state index contributed by atoms with van der Waals surface area (Å²) in [5.41, 5.74) is 2.43. The molecule has 0 spiro atoms. The summed E-state index contributed by atoms with van der Waals surface area (Å²) >= 11 is 0. The molecule has 0 aliphatic heterocycles. The summed E-state index contributed by atoms with van der Waals surface area (Å²) in [6.07, 6.45) is 10.1. The highest BCUT2D eigenvalue weighted by Gasteiger charge is 2.16. The molecule has 19 heavy (non-hydrogen) atoms. The van der Waals surface area contributed by atoms with Crippen LogP contribution in [0.25, 0.3) is 11.3 Å². The molecule has 0 atom stereocenters. The number of hydrogen-bond donors (Lipinski definition) is 0. The minimum Gasteiger partial charge on any atom is -0.331 e. The maximum Gasteiger partial charge on any atom is 0.108 e. The average Bonchev–Trinajstić information content (AvgIpc) is 3.07. The number of nitrogens with zero attached hydrogens (tertiary/aromatic N) is 2. The highest BCUT2D eigenvalue weighted by Crippen LogP contribution is 2.29. The molecular formula is C17H21N2. The van der Waals surface area contributed by atoms with Crippen molar-refractivity contribution in [3.05, 3.63) is 42.4 Å². The minimum atomic E-state index is 0.937. The second-order valence-corrected chi connectivity index (χ2v) is 5.60. The number of rotatable bonds is 4. The van der Waals surface area contributed by atoms with E-state index in [0.29, 0.717) is 0 Å². The van der Waals surface area contributed by atoms with E-state index in [4.69, 9.17) is 0 Å². The van der Waals surface area contributed by atoms with Gasteiger partial charge < -0.3 is 4.57 Å². The Morgan fingerprint density at radius 3 is 2.74 bits per heavy atom. The van der Waals surface area contributed by atoms with E-state index in [1.54, 1.807) is 0 Å². The lowest BCUT2D eigenvalue weighted by atomic mass is 10.0. The predicted molar refractivity (Wildman–Crippen MR) is 77.8 cm³/mol. The van der Waals surface area contributed by atoms with Crippen molar-refractivity contribution in [1.82, 2.24) is 9.55 Å². The van der Waals surface area contributed by atoms with E-state index in [1.165, 1.54) is 49.2 Å². The van der Waals surface area contributed by atoms with Crippen LogP contribution < -0.4 is 0 Å². The molecule has 0 unspecified atom stereocenters. The lowest BCUT2D eigenvalue weighted by Gasteiger charge is -2.09. The van der Waals surface area contributed by atoms with Crippen LogP contribution in [0.1, 0.15) is 37.9 Å². The quantitative estimate of drug-likeness (QED) is 0.805. The van der Waals surface area contributed by atoms with Crippen LogP contribution in [0.5, 0.6) is 0 Å². The fraction of sp³-hybridized carbons (Fsp3) is 0.471. The van der Waals surface area contributed by atoms with Crippen molar-refractivity contribution < 1.29 is 0 Å². The van der Waals surface area contributed by atoms with Crippen LogP contribution in [0.15, 0.2) is 30.5 Å². The summed E-state index contributed by atoms with van der Waals surface area (Å²) in [5.74, 6) is 2.15. The first-order valence-corrected chi connectivity index (χ1v) is 7.31. The van der Waals surface area contributed by atoms with E-state index < -0.39 is 0 Å². The van der Waals surface area contributed by atoms with Gasteiger partial charge in [0.25, 0.3) is 0 Å². The van der Waals surface area contributed by atoms with E-state index in [0.717, 1.165) is 12.3 Å². The second kappa shape index (κ2) is 5.60. The molecule has 0 amide bonds. The number of benzene rings is 1. The van der Waals surface area contributed by atoms with Gasteiger partial charge in [-0.2, -0.15) is 0 Å². The highest BCUT2D eigenvalue weighted by atomic mass is 15.1. The third-order valence-corrected chi connectivity index (χ3v) is 4.35. The Morgan fingerprint density at radius 1 is 1.26 bits per heavy atom. The Bertz CT molecular complexity index is 521. The Hall–Kier alpha value is -1.57. The molecule has 2 aromatic rings. The zero-order chi connectivity index (χ0) is 13.1. The monoisotopic (exact) mass is 253 g/mol. The first-order valence-electron chi connectivity index (χ1n) is 7.31. The summed E-state index contributed by atoms with van der Waals surface area (Å²) in [4.78, 5) is 4.61. The molecule has 1 aliphatic rings. The van der Waals surface area contributed by atoms with Crippen molar-refractivity contribution in [2.24, 2.45) is 13.0 Å². The summed E-state index contributed by atoms with van der Waals surface area (Å²) < 4.78 is 2.24. The van der Waals surface area contributed by atoms with E-state index in [1.807, 2.05) is 18.3 Å². The first-order chi connectivity index (χ1) is 9.34. The van der Waals surface area contributed by atoms with Crippen LogP contribution in [0, 0.1) is 12.0 Å². The topological polar surface area (TPSA) is 17.8 Å². The summed E-state index contributed by atoms with van der Waals surface area (Å²) in [7, 11) is 2.13. The summed E-state index contributed by atoms with van der Waals surface area (Å²) in [6, 6.07) is 11.2. The van der Waals surface area contributed by atoms with Gasteiger partial charge in [-0.1, -0.05) is 49.9 Å². The van der Waals surface area contributed by atoms with Gasteiger partial charge in [0.15, 0.2) is 0 Å². The van der Waals surface area contributed by atoms with Crippen LogP contribution in [0.3, 0.4) is 0 Å². The molecule has 1 aromatic carbocycles. The third kappa shape index (κ3) is 2.73. The van der Waals surface area contributed by atoms with Gasteiger partial charge in [-0.05, 0) is 24.0 Å². The van der Waals surface area contributed by atoms with Crippen LogP contribution in [-0.2, 0) is 13.5 Å². The van der Waals surface area contributed by atoms with Gasteiger partial charge in [-0.3, -0.25) is 0 Å². The molecule has 99 valence electrons. The molecule has 1 saturated carbocycles. The van der Waals surface area contributed by atoms with Crippen LogP contribution in [0.2, 0.25) is 0 Å². The number of imidazole rings is 1. The predicted octanol–water partition coefficient (Wildman–Crippen LogP) is 4.01. The molecule has 0 bridgehead atoms. The van der Waals surface area contributed by atoms with Crippen molar-refractivity contribution >= 4 is 0 Å². The van der Waals surface area contributed by atoms with Gasteiger partial charge in [-0.15, -0.1) is 0 Å². The Labute approximate surface area is 115 Å². The number of aryl methyl sites for hydroxylation is 1. The van der Waals surface area contributed by atoms with Crippen LogP contribution in [0.4, 0.5) is 0 Å². The maximum absolute atomic E-state index is 4.61.